The predicted octanol–water partition coefficient (Wildman–Crippen LogP) is 0.651. The maximum absolute atomic E-state index is 12.5. The fourth-order valence-electron chi connectivity index (χ4n) is 1.92. The molecule has 6 heteroatoms. The van der Waals surface area contributed by atoms with Gasteiger partial charge in [0.2, 0.25) is 6.43 Å². The van der Waals surface area contributed by atoms with Crippen LogP contribution in [0.5, 0.6) is 0 Å². The van der Waals surface area contributed by atoms with Gasteiger partial charge in [0.15, 0.2) is 9.84 Å². The minimum atomic E-state index is -3.07. The molecule has 1 aliphatic rings. The Kier molecular flexibility index (Phi) is 3.83. The monoisotopic (exact) mass is 227 g/mol. The van der Waals surface area contributed by atoms with Crippen LogP contribution in [0.2, 0.25) is 0 Å². The van der Waals surface area contributed by atoms with Gasteiger partial charge in [-0.05, 0) is 25.3 Å². The van der Waals surface area contributed by atoms with Crippen LogP contribution >= 0.6 is 0 Å². The predicted molar refractivity (Wildman–Crippen MR) is 49.9 cm³/mol. The Balaban J connectivity index is 2.62. The van der Waals surface area contributed by atoms with Crippen LogP contribution in [0.1, 0.15) is 12.8 Å². The highest BCUT2D eigenvalue weighted by Crippen LogP contribution is 2.31. The summed E-state index contributed by atoms with van der Waals surface area (Å²) in [5.74, 6) is -1.30. The van der Waals surface area contributed by atoms with Crippen LogP contribution < -0.4 is 5.73 Å². The van der Waals surface area contributed by atoms with E-state index in [1.165, 1.54) is 0 Å². The normalized spacial score (nSPS) is 28.1. The minimum Gasteiger partial charge on any atom is -0.330 e. The van der Waals surface area contributed by atoms with Gasteiger partial charge in [-0.3, -0.25) is 0 Å². The van der Waals surface area contributed by atoms with Gasteiger partial charge in [-0.25, -0.2) is 17.2 Å². The summed E-state index contributed by atoms with van der Waals surface area (Å²) in [6, 6.07) is 0. The van der Waals surface area contributed by atoms with Gasteiger partial charge in [0.1, 0.15) is 0 Å². The zero-order valence-electron chi connectivity index (χ0n) is 7.83. The van der Waals surface area contributed by atoms with Gasteiger partial charge in [0.05, 0.1) is 11.5 Å². The molecular formula is C8H15F2NO2S. The second-order valence-electron chi connectivity index (χ2n) is 3.74. The second kappa shape index (κ2) is 4.53. The zero-order valence-corrected chi connectivity index (χ0v) is 8.64. The lowest BCUT2D eigenvalue weighted by molar-refractivity contribution is 0.0457. The van der Waals surface area contributed by atoms with E-state index in [0.29, 0.717) is 6.42 Å². The highest BCUT2D eigenvalue weighted by atomic mass is 32.2. The zero-order chi connectivity index (χ0) is 10.8. The molecule has 0 aliphatic carbocycles. The van der Waals surface area contributed by atoms with E-state index in [4.69, 9.17) is 5.73 Å². The molecule has 3 nitrogen and oxygen atoms in total. The molecule has 0 aromatic rings. The smallest absolute Gasteiger partial charge is 0.241 e. The van der Waals surface area contributed by atoms with E-state index in [-0.39, 0.29) is 24.5 Å². The largest absolute Gasteiger partial charge is 0.330 e. The molecule has 0 saturated carbocycles. The number of sulfone groups is 1. The van der Waals surface area contributed by atoms with E-state index < -0.39 is 28.1 Å². The van der Waals surface area contributed by atoms with Crippen LogP contribution in [0.15, 0.2) is 0 Å². The minimum absolute atomic E-state index is 0.0471. The van der Waals surface area contributed by atoms with Crippen molar-refractivity contribution in [1.29, 1.82) is 0 Å². The molecule has 0 spiro atoms. The Bertz CT molecular complexity index is 279. The van der Waals surface area contributed by atoms with E-state index in [1.807, 2.05) is 0 Å². The van der Waals surface area contributed by atoms with Gasteiger partial charge < -0.3 is 5.73 Å². The van der Waals surface area contributed by atoms with Gasteiger partial charge in [0, 0.05) is 5.92 Å². The first-order valence-corrected chi connectivity index (χ1v) is 6.47. The molecule has 1 aliphatic heterocycles. The molecule has 0 amide bonds. The van der Waals surface area contributed by atoms with Crippen molar-refractivity contribution in [3.05, 3.63) is 0 Å². The first kappa shape index (κ1) is 11.8. The van der Waals surface area contributed by atoms with E-state index in [2.05, 4.69) is 0 Å². The molecular weight excluding hydrogens is 212 g/mol. The van der Waals surface area contributed by atoms with Crippen LogP contribution in [-0.4, -0.2) is 32.9 Å². The number of alkyl halides is 2. The lowest BCUT2D eigenvalue weighted by Gasteiger charge is -2.20. The SMILES string of the molecule is NCCC(C(F)F)C1CCS(=O)(=O)C1. The van der Waals surface area contributed by atoms with Gasteiger partial charge >= 0.3 is 0 Å². The van der Waals surface area contributed by atoms with Crippen LogP contribution in [0.3, 0.4) is 0 Å². The Morgan fingerprint density at radius 1 is 1.43 bits per heavy atom. The molecule has 0 aromatic heterocycles. The summed E-state index contributed by atoms with van der Waals surface area (Å²) in [4.78, 5) is 0. The summed E-state index contributed by atoms with van der Waals surface area (Å²) in [6.07, 6.45) is -1.90. The highest BCUT2D eigenvalue weighted by molar-refractivity contribution is 7.91. The van der Waals surface area contributed by atoms with Crippen molar-refractivity contribution in [1.82, 2.24) is 0 Å². The number of hydrogen-bond acceptors (Lipinski definition) is 3. The first-order chi connectivity index (χ1) is 6.46. The van der Waals surface area contributed by atoms with Crippen molar-refractivity contribution in [3.8, 4) is 0 Å². The van der Waals surface area contributed by atoms with Crippen molar-refractivity contribution in [2.75, 3.05) is 18.1 Å². The average molecular weight is 227 g/mol. The Morgan fingerprint density at radius 2 is 2.07 bits per heavy atom. The molecule has 2 unspecified atom stereocenters. The van der Waals surface area contributed by atoms with Crippen LogP contribution in [-0.2, 0) is 9.84 Å². The fraction of sp³-hybridized carbons (Fsp3) is 1.00. The molecule has 0 radical (unpaired) electrons. The fourth-order valence-corrected chi connectivity index (χ4v) is 3.82. The summed E-state index contributed by atoms with van der Waals surface area (Å²) in [6.45, 7) is 0.186. The summed E-state index contributed by atoms with van der Waals surface area (Å²) in [5, 5.41) is 0. The van der Waals surface area contributed by atoms with Crippen molar-refractivity contribution >= 4 is 9.84 Å². The number of rotatable bonds is 4. The van der Waals surface area contributed by atoms with Gasteiger partial charge in [0.25, 0.3) is 0 Å². The lowest BCUT2D eigenvalue weighted by atomic mass is 9.89. The molecule has 0 aromatic carbocycles. The Hall–Kier alpha value is -0.230. The van der Waals surface area contributed by atoms with Gasteiger partial charge in [-0.2, -0.15) is 0 Å². The third kappa shape index (κ3) is 2.88. The van der Waals surface area contributed by atoms with Crippen LogP contribution in [0.25, 0.3) is 0 Å². The number of nitrogens with two attached hydrogens (primary N) is 1. The summed E-state index contributed by atoms with van der Waals surface area (Å²) >= 11 is 0. The molecule has 14 heavy (non-hydrogen) atoms. The van der Waals surface area contributed by atoms with Crippen LogP contribution in [0, 0.1) is 11.8 Å². The molecule has 84 valence electrons. The standard InChI is InChI=1S/C8H15F2NO2S/c9-8(10)7(1-3-11)6-2-4-14(12,13)5-6/h6-8H,1-5,11H2. The summed E-state index contributed by atoms with van der Waals surface area (Å²) in [7, 11) is -3.07. The molecule has 2 atom stereocenters. The number of hydrogen-bond donors (Lipinski definition) is 1. The molecule has 1 fully saturated rings. The Labute approximate surface area is 82.6 Å². The third-order valence-corrected chi connectivity index (χ3v) is 4.49. The summed E-state index contributed by atoms with van der Waals surface area (Å²) in [5.41, 5.74) is 5.22. The molecule has 0 bridgehead atoms. The quantitative estimate of drug-likeness (QED) is 0.767. The molecule has 1 heterocycles. The van der Waals surface area contributed by atoms with E-state index in [9.17, 15) is 17.2 Å². The van der Waals surface area contributed by atoms with Crippen molar-refractivity contribution in [2.24, 2.45) is 17.6 Å². The second-order valence-corrected chi connectivity index (χ2v) is 5.97. The van der Waals surface area contributed by atoms with E-state index >= 15 is 0 Å². The maximum atomic E-state index is 12.5. The van der Waals surface area contributed by atoms with E-state index in [0.717, 1.165) is 0 Å². The van der Waals surface area contributed by atoms with Crippen molar-refractivity contribution in [2.45, 2.75) is 19.3 Å². The highest BCUT2D eigenvalue weighted by Gasteiger charge is 2.37. The first-order valence-electron chi connectivity index (χ1n) is 4.65. The topological polar surface area (TPSA) is 60.2 Å². The van der Waals surface area contributed by atoms with Gasteiger partial charge in [-0.1, -0.05) is 0 Å². The maximum Gasteiger partial charge on any atom is 0.241 e. The number of halogens is 2. The van der Waals surface area contributed by atoms with Crippen molar-refractivity contribution in [3.63, 3.8) is 0 Å². The van der Waals surface area contributed by atoms with Crippen molar-refractivity contribution < 1.29 is 17.2 Å². The molecule has 1 rings (SSSR count). The molecule has 2 N–H and O–H groups in total. The molecule has 1 saturated heterocycles. The Morgan fingerprint density at radius 3 is 2.43 bits per heavy atom. The van der Waals surface area contributed by atoms with Crippen LogP contribution in [0.4, 0.5) is 8.78 Å². The van der Waals surface area contributed by atoms with Gasteiger partial charge in [-0.15, -0.1) is 0 Å². The van der Waals surface area contributed by atoms with E-state index in [1.54, 1.807) is 0 Å². The summed E-state index contributed by atoms with van der Waals surface area (Å²) < 4.78 is 47.3. The lowest BCUT2D eigenvalue weighted by Crippen LogP contribution is -2.25. The third-order valence-electron chi connectivity index (χ3n) is 2.70. The average Bonchev–Trinajstić information content (AvgIpc) is 2.41.